The third kappa shape index (κ3) is 2.96. The number of β-amino-alcohol motifs (C(OH)–C–C–N with tert-alkyl or cyclic N) is 1. The van der Waals surface area contributed by atoms with Crippen molar-refractivity contribution in [2.45, 2.75) is 38.4 Å². The molecule has 0 aromatic carbocycles. The molecule has 2 atom stereocenters. The smallest absolute Gasteiger partial charge is 0.128 e. The monoisotopic (exact) mass is 236 g/mol. The summed E-state index contributed by atoms with van der Waals surface area (Å²) in [6.45, 7) is 5.11. The fourth-order valence-corrected chi connectivity index (χ4v) is 2.28. The Morgan fingerprint density at radius 1 is 1.53 bits per heavy atom. The molecule has 17 heavy (non-hydrogen) atoms. The molecule has 0 aliphatic carbocycles. The first kappa shape index (κ1) is 12.3. The second-order valence-corrected chi connectivity index (χ2v) is 5.15. The highest BCUT2D eigenvalue weighted by atomic mass is 16.3. The molecule has 2 rings (SSSR count). The number of aromatic nitrogens is 1. The Bertz CT molecular complexity index is 391. The van der Waals surface area contributed by atoms with Gasteiger partial charge in [0.05, 0.1) is 11.7 Å². The normalized spacial score (nSPS) is 26.9. The number of piperidine rings is 1. The third-order valence-corrected chi connectivity index (χ3v) is 3.25. The van der Waals surface area contributed by atoms with Crippen molar-refractivity contribution in [3.63, 3.8) is 0 Å². The molecule has 1 aliphatic heterocycles. The Labute approximate surface area is 102 Å². The van der Waals surface area contributed by atoms with Crippen molar-refractivity contribution in [1.82, 2.24) is 4.98 Å². The van der Waals surface area contributed by atoms with Crippen LogP contribution < -0.4 is 4.90 Å². The molecule has 1 aliphatic rings. The highest BCUT2D eigenvalue weighted by Crippen LogP contribution is 2.25. The van der Waals surface area contributed by atoms with E-state index in [-0.39, 0.29) is 0 Å². The summed E-state index contributed by atoms with van der Waals surface area (Å²) >= 11 is 0. The first-order valence-corrected chi connectivity index (χ1v) is 6.09. The predicted octanol–water partition coefficient (Wildman–Crippen LogP) is 1.49. The van der Waals surface area contributed by atoms with Gasteiger partial charge in [-0.05, 0) is 44.4 Å². The minimum atomic E-state index is -0.638. The van der Waals surface area contributed by atoms with Crippen LogP contribution in [-0.4, -0.2) is 33.9 Å². The van der Waals surface area contributed by atoms with E-state index in [1.165, 1.54) is 0 Å². The molecule has 4 nitrogen and oxygen atoms in total. The minimum Gasteiger partial charge on any atom is -0.389 e. The summed E-state index contributed by atoms with van der Waals surface area (Å²) in [5.41, 5.74) is 0.223. The quantitative estimate of drug-likeness (QED) is 0.816. The van der Waals surface area contributed by atoms with Gasteiger partial charge in [-0.15, -0.1) is 0 Å². The second-order valence-electron chi connectivity index (χ2n) is 5.15. The molecule has 0 radical (unpaired) electrons. The van der Waals surface area contributed by atoms with Crippen molar-refractivity contribution in [2.75, 3.05) is 18.0 Å². The zero-order valence-electron chi connectivity index (χ0n) is 10.4. The van der Waals surface area contributed by atoms with Gasteiger partial charge in [-0.25, -0.2) is 4.98 Å². The Balaban J connectivity index is 2.19. The van der Waals surface area contributed by atoms with Gasteiger partial charge in [0.15, 0.2) is 0 Å². The van der Waals surface area contributed by atoms with Gasteiger partial charge in [0.2, 0.25) is 0 Å². The molecule has 4 heteroatoms. The van der Waals surface area contributed by atoms with Crippen molar-refractivity contribution in [3.05, 3.63) is 23.9 Å². The molecule has 94 valence electrons. The standard InChI is InChI=1S/C13H20N2O2/c1-10(16)11-4-6-14-12(8-11)15-7-3-5-13(2,17)9-15/h4,6,8,10,16-17H,3,5,7,9H2,1-2H3/t10-,13?/m0/s1. The highest BCUT2D eigenvalue weighted by molar-refractivity contribution is 5.42. The van der Waals surface area contributed by atoms with Crippen LogP contribution in [0.15, 0.2) is 18.3 Å². The number of hydrogen-bond donors (Lipinski definition) is 2. The Hall–Kier alpha value is -1.13. The Kier molecular flexibility index (Phi) is 3.35. The van der Waals surface area contributed by atoms with E-state index in [1.807, 2.05) is 19.1 Å². The van der Waals surface area contributed by atoms with Crippen LogP contribution in [-0.2, 0) is 0 Å². The first-order chi connectivity index (χ1) is 7.98. The molecule has 0 saturated carbocycles. The lowest BCUT2D eigenvalue weighted by molar-refractivity contribution is 0.0447. The molecule has 0 bridgehead atoms. The Morgan fingerprint density at radius 2 is 2.29 bits per heavy atom. The van der Waals surface area contributed by atoms with Gasteiger partial charge in [0, 0.05) is 19.3 Å². The van der Waals surface area contributed by atoms with Gasteiger partial charge in [0.25, 0.3) is 0 Å². The average Bonchev–Trinajstić information content (AvgIpc) is 2.28. The largest absolute Gasteiger partial charge is 0.389 e. The molecule has 2 heterocycles. The van der Waals surface area contributed by atoms with Gasteiger partial charge in [-0.1, -0.05) is 0 Å². The lowest BCUT2D eigenvalue weighted by Gasteiger charge is -2.37. The lowest BCUT2D eigenvalue weighted by atomic mass is 9.95. The van der Waals surface area contributed by atoms with Crippen molar-refractivity contribution >= 4 is 5.82 Å². The minimum absolute atomic E-state index is 0.484. The van der Waals surface area contributed by atoms with Crippen LogP contribution in [0.25, 0.3) is 0 Å². The van der Waals surface area contributed by atoms with Crippen LogP contribution in [0.3, 0.4) is 0 Å². The fourth-order valence-electron chi connectivity index (χ4n) is 2.28. The van der Waals surface area contributed by atoms with E-state index in [4.69, 9.17) is 0 Å². The summed E-state index contributed by atoms with van der Waals surface area (Å²) in [7, 11) is 0. The summed E-state index contributed by atoms with van der Waals surface area (Å²) in [4.78, 5) is 6.39. The molecule has 1 aromatic rings. The van der Waals surface area contributed by atoms with Crippen LogP contribution in [0.4, 0.5) is 5.82 Å². The van der Waals surface area contributed by atoms with Gasteiger partial charge in [-0.3, -0.25) is 0 Å². The van der Waals surface area contributed by atoms with Gasteiger partial charge in [0.1, 0.15) is 5.82 Å². The maximum Gasteiger partial charge on any atom is 0.128 e. The van der Waals surface area contributed by atoms with Crippen LogP contribution in [0.1, 0.15) is 38.4 Å². The van der Waals surface area contributed by atoms with E-state index in [2.05, 4.69) is 9.88 Å². The molecular formula is C13H20N2O2. The fraction of sp³-hybridized carbons (Fsp3) is 0.615. The SMILES string of the molecule is C[C@H](O)c1ccnc(N2CCCC(C)(O)C2)c1. The summed E-state index contributed by atoms with van der Waals surface area (Å²) < 4.78 is 0. The maximum absolute atomic E-state index is 10.1. The van der Waals surface area contributed by atoms with E-state index in [0.29, 0.717) is 6.54 Å². The average molecular weight is 236 g/mol. The summed E-state index contributed by atoms with van der Waals surface area (Å²) in [5, 5.41) is 19.6. The van der Waals surface area contributed by atoms with E-state index < -0.39 is 11.7 Å². The lowest BCUT2D eigenvalue weighted by Crippen LogP contribution is -2.46. The van der Waals surface area contributed by atoms with Crippen LogP contribution in [0.2, 0.25) is 0 Å². The summed E-state index contributed by atoms with van der Waals surface area (Å²) in [5.74, 6) is 0.836. The molecule has 0 amide bonds. The molecule has 0 spiro atoms. The molecule has 1 unspecified atom stereocenters. The van der Waals surface area contributed by atoms with Crippen molar-refractivity contribution < 1.29 is 10.2 Å². The number of aliphatic hydroxyl groups is 2. The van der Waals surface area contributed by atoms with Gasteiger partial charge in [-0.2, -0.15) is 0 Å². The topological polar surface area (TPSA) is 56.6 Å². The van der Waals surface area contributed by atoms with E-state index in [9.17, 15) is 10.2 Å². The van der Waals surface area contributed by atoms with Gasteiger partial charge < -0.3 is 15.1 Å². The van der Waals surface area contributed by atoms with Crippen molar-refractivity contribution in [1.29, 1.82) is 0 Å². The second kappa shape index (κ2) is 4.63. The maximum atomic E-state index is 10.1. The molecule has 1 saturated heterocycles. The van der Waals surface area contributed by atoms with Crippen LogP contribution in [0.5, 0.6) is 0 Å². The number of anilines is 1. The number of rotatable bonds is 2. The zero-order valence-corrected chi connectivity index (χ0v) is 10.4. The van der Waals surface area contributed by atoms with E-state index >= 15 is 0 Å². The van der Waals surface area contributed by atoms with Crippen molar-refractivity contribution in [2.24, 2.45) is 0 Å². The number of nitrogens with zero attached hydrogens (tertiary/aromatic N) is 2. The van der Waals surface area contributed by atoms with Gasteiger partial charge >= 0.3 is 0 Å². The summed E-state index contributed by atoms with van der Waals surface area (Å²) in [6, 6.07) is 3.71. The third-order valence-electron chi connectivity index (χ3n) is 3.25. The highest BCUT2D eigenvalue weighted by Gasteiger charge is 2.29. The van der Waals surface area contributed by atoms with Crippen molar-refractivity contribution in [3.8, 4) is 0 Å². The predicted molar refractivity (Wildman–Crippen MR) is 66.9 cm³/mol. The Morgan fingerprint density at radius 3 is 2.94 bits per heavy atom. The zero-order chi connectivity index (χ0) is 12.5. The molecule has 1 aromatic heterocycles. The number of aliphatic hydroxyl groups excluding tert-OH is 1. The van der Waals surface area contributed by atoms with E-state index in [1.54, 1.807) is 13.1 Å². The molecule has 1 fully saturated rings. The first-order valence-electron chi connectivity index (χ1n) is 6.09. The summed E-state index contributed by atoms with van der Waals surface area (Å²) in [6.07, 6.45) is 3.02. The number of pyridine rings is 1. The number of hydrogen-bond acceptors (Lipinski definition) is 4. The molecule has 2 N–H and O–H groups in total. The molecular weight excluding hydrogens is 216 g/mol. The van der Waals surface area contributed by atoms with Crippen LogP contribution >= 0.6 is 0 Å². The van der Waals surface area contributed by atoms with E-state index in [0.717, 1.165) is 30.8 Å². The van der Waals surface area contributed by atoms with Crippen LogP contribution in [0, 0.1) is 0 Å².